The van der Waals surface area contributed by atoms with Crippen molar-refractivity contribution < 1.29 is 14.3 Å². The molecule has 0 aromatic heterocycles. The Balaban J connectivity index is 1.80. The molecule has 3 atom stereocenters. The maximum Gasteiger partial charge on any atom is 0.257 e. The lowest BCUT2D eigenvalue weighted by atomic mass is 9.77. The summed E-state index contributed by atoms with van der Waals surface area (Å²) in [5, 5.41) is 13.1. The molecule has 1 heterocycles. The summed E-state index contributed by atoms with van der Waals surface area (Å²) in [4.78, 5) is 14.7. The highest BCUT2D eigenvalue weighted by atomic mass is 19.1. The molecule has 1 aliphatic heterocycles. The van der Waals surface area contributed by atoms with Crippen LogP contribution < -0.4 is 5.32 Å². The number of hydrogen-bond acceptors (Lipinski definition) is 3. The molecule has 5 heteroatoms. The highest BCUT2D eigenvalue weighted by Gasteiger charge is 2.42. The fourth-order valence-electron chi connectivity index (χ4n) is 3.99. The van der Waals surface area contributed by atoms with E-state index in [1.807, 2.05) is 32.9 Å². The fraction of sp³-hybridized carbons (Fsp3) is 0.375. The van der Waals surface area contributed by atoms with Crippen LogP contribution in [0.4, 0.5) is 4.39 Å². The predicted octanol–water partition coefficient (Wildman–Crippen LogP) is 3.83. The van der Waals surface area contributed by atoms with Gasteiger partial charge < -0.3 is 15.3 Å². The fourth-order valence-corrected chi connectivity index (χ4v) is 3.99. The summed E-state index contributed by atoms with van der Waals surface area (Å²) >= 11 is 0. The molecule has 0 bridgehead atoms. The number of amides is 1. The van der Waals surface area contributed by atoms with Gasteiger partial charge in [-0.05, 0) is 44.0 Å². The minimum absolute atomic E-state index is 0.00200. The molecular weight excluding hydrogens is 367 g/mol. The minimum atomic E-state index is -0.505. The lowest BCUT2D eigenvalue weighted by Gasteiger charge is -2.48. The number of rotatable bonds is 7. The summed E-state index contributed by atoms with van der Waals surface area (Å²) in [6.07, 6.45) is 4.03. The van der Waals surface area contributed by atoms with Crippen LogP contribution in [0.3, 0.4) is 0 Å². The number of nitrogens with zero attached hydrogens (tertiary/aromatic N) is 1. The molecule has 1 saturated heterocycles. The van der Waals surface area contributed by atoms with Crippen molar-refractivity contribution in [1.29, 1.82) is 0 Å². The van der Waals surface area contributed by atoms with E-state index in [2.05, 4.69) is 29.6 Å². The first-order chi connectivity index (χ1) is 14.0. The second-order valence-corrected chi connectivity index (χ2v) is 7.79. The lowest BCUT2D eigenvalue weighted by Crippen LogP contribution is -2.65. The number of carbonyl (C=O) groups excluding carboxylic acids is 1. The van der Waals surface area contributed by atoms with Crippen LogP contribution in [0.15, 0.2) is 54.6 Å². The van der Waals surface area contributed by atoms with E-state index in [0.717, 1.165) is 11.1 Å². The molecular formula is C24H29FN2O2. The number of halogens is 1. The molecule has 4 nitrogen and oxygen atoms in total. The Morgan fingerprint density at radius 2 is 1.86 bits per heavy atom. The van der Waals surface area contributed by atoms with Gasteiger partial charge in [-0.2, -0.15) is 0 Å². The van der Waals surface area contributed by atoms with Crippen molar-refractivity contribution in [3.63, 3.8) is 0 Å². The number of carbonyl (C=O) groups is 1. The van der Waals surface area contributed by atoms with Gasteiger partial charge in [-0.15, -0.1) is 0 Å². The quantitative estimate of drug-likeness (QED) is 0.748. The Bertz CT molecular complexity index is 863. The topological polar surface area (TPSA) is 52.6 Å². The summed E-state index contributed by atoms with van der Waals surface area (Å²) in [5.74, 6) is -0.724. The highest BCUT2D eigenvalue weighted by Crippen LogP contribution is 2.33. The maximum atomic E-state index is 14.2. The molecule has 0 spiro atoms. The number of aliphatic hydroxyl groups is 1. The van der Waals surface area contributed by atoms with Gasteiger partial charge in [0.15, 0.2) is 0 Å². The number of aliphatic hydroxyl groups excluding tert-OH is 1. The summed E-state index contributed by atoms with van der Waals surface area (Å²) < 4.78 is 14.2. The molecule has 29 heavy (non-hydrogen) atoms. The Morgan fingerprint density at radius 1 is 1.17 bits per heavy atom. The SMILES string of the molecule is CC=Cc1ccc([C@H]2[C@@H](CO)N[C@@H]2CN(C(=O)c2ccccc2F)C(C)C)cc1. The standard InChI is InChI=1S/C24H29FN2O2/c1-4-7-17-10-12-18(13-11-17)23-21(26-22(23)15-28)14-27(16(2)3)24(29)19-8-5-6-9-20(19)25/h4-13,16,21-23,26,28H,14-15H2,1-3H3/t21-,22-,23-/m1/s1. The molecule has 0 aliphatic carbocycles. The monoisotopic (exact) mass is 396 g/mol. The van der Waals surface area contributed by atoms with E-state index in [1.165, 1.54) is 12.1 Å². The molecule has 0 saturated carbocycles. The van der Waals surface area contributed by atoms with Crippen LogP contribution in [0.2, 0.25) is 0 Å². The predicted molar refractivity (Wildman–Crippen MR) is 114 cm³/mol. The third-order valence-corrected chi connectivity index (χ3v) is 5.55. The van der Waals surface area contributed by atoms with Gasteiger partial charge >= 0.3 is 0 Å². The third-order valence-electron chi connectivity index (χ3n) is 5.55. The van der Waals surface area contributed by atoms with Crippen LogP contribution in [-0.4, -0.2) is 47.2 Å². The Hall–Kier alpha value is -2.50. The van der Waals surface area contributed by atoms with E-state index in [0.29, 0.717) is 6.54 Å². The zero-order valence-electron chi connectivity index (χ0n) is 17.2. The zero-order chi connectivity index (χ0) is 21.0. The number of hydrogen-bond donors (Lipinski definition) is 2. The minimum Gasteiger partial charge on any atom is -0.395 e. The largest absolute Gasteiger partial charge is 0.395 e. The van der Waals surface area contributed by atoms with Crippen molar-refractivity contribution in [2.45, 2.75) is 44.8 Å². The molecule has 1 amide bonds. The second-order valence-electron chi connectivity index (χ2n) is 7.79. The van der Waals surface area contributed by atoms with Gasteiger partial charge in [-0.1, -0.05) is 48.6 Å². The average Bonchev–Trinajstić information content (AvgIpc) is 2.69. The number of benzene rings is 2. The van der Waals surface area contributed by atoms with Crippen LogP contribution >= 0.6 is 0 Å². The van der Waals surface area contributed by atoms with Gasteiger partial charge in [-0.25, -0.2) is 4.39 Å². The summed E-state index contributed by atoms with van der Waals surface area (Å²) in [5.41, 5.74) is 2.34. The van der Waals surface area contributed by atoms with Gasteiger partial charge in [0.1, 0.15) is 5.82 Å². The van der Waals surface area contributed by atoms with Crippen molar-refractivity contribution in [3.8, 4) is 0 Å². The Labute approximate surface area is 172 Å². The van der Waals surface area contributed by atoms with Crippen molar-refractivity contribution in [3.05, 3.63) is 77.1 Å². The molecule has 1 aliphatic rings. The smallest absolute Gasteiger partial charge is 0.257 e. The lowest BCUT2D eigenvalue weighted by molar-refractivity contribution is 0.0559. The zero-order valence-corrected chi connectivity index (χ0v) is 17.2. The number of nitrogens with one attached hydrogen (secondary N) is 1. The van der Waals surface area contributed by atoms with Crippen LogP contribution in [-0.2, 0) is 0 Å². The molecule has 1 fully saturated rings. The molecule has 2 N–H and O–H groups in total. The Morgan fingerprint density at radius 3 is 2.45 bits per heavy atom. The van der Waals surface area contributed by atoms with E-state index < -0.39 is 5.82 Å². The first-order valence-corrected chi connectivity index (χ1v) is 10.1. The van der Waals surface area contributed by atoms with Crippen LogP contribution in [0.1, 0.15) is 48.2 Å². The summed E-state index contributed by atoms with van der Waals surface area (Å²) in [6.45, 7) is 6.32. The molecule has 154 valence electrons. The van der Waals surface area contributed by atoms with Crippen LogP contribution in [0.25, 0.3) is 6.08 Å². The summed E-state index contributed by atoms with van der Waals surface area (Å²) in [7, 11) is 0. The molecule has 0 unspecified atom stereocenters. The molecule has 2 aromatic rings. The van der Waals surface area contributed by atoms with Crippen molar-refractivity contribution >= 4 is 12.0 Å². The summed E-state index contributed by atoms with van der Waals surface area (Å²) in [6, 6.07) is 14.2. The number of allylic oxidation sites excluding steroid dienone is 1. The van der Waals surface area contributed by atoms with E-state index >= 15 is 0 Å². The van der Waals surface area contributed by atoms with Gasteiger partial charge in [0.05, 0.1) is 12.2 Å². The van der Waals surface area contributed by atoms with Crippen molar-refractivity contribution in [2.75, 3.05) is 13.2 Å². The van der Waals surface area contributed by atoms with Gasteiger partial charge in [-0.3, -0.25) is 4.79 Å². The van der Waals surface area contributed by atoms with Gasteiger partial charge in [0.25, 0.3) is 5.91 Å². The first kappa shape index (κ1) is 21.2. The highest BCUT2D eigenvalue weighted by molar-refractivity contribution is 5.94. The van der Waals surface area contributed by atoms with E-state index in [-0.39, 0.29) is 42.1 Å². The van der Waals surface area contributed by atoms with Crippen molar-refractivity contribution in [2.24, 2.45) is 0 Å². The van der Waals surface area contributed by atoms with Crippen LogP contribution in [0, 0.1) is 5.82 Å². The first-order valence-electron chi connectivity index (χ1n) is 10.1. The third kappa shape index (κ3) is 4.57. The Kier molecular flexibility index (Phi) is 6.83. The van der Waals surface area contributed by atoms with Crippen molar-refractivity contribution in [1.82, 2.24) is 10.2 Å². The van der Waals surface area contributed by atoms with Gasteiger partial charge in [0, 0.05) is 30.6 Å². The van der Waals surface area contributed by atoms with Gasteiger partial charge in [0.2, 0.25) is 0 Å². The average molecular weight is 397 g/mol. The maximum absolute atomic E-state index is 14.2. The molecule has 3 rings (SSSR count). The van der Waals surface area contributed by atoms with E-state index in [9.17, 15) is 14.3 Å². The van der Waals surface area contributed by atoms with Crippen LogP contribution in [0.5, 0.6) is 0 Å². The second kappa shape index (κ2) is 9.33. The van der Waals surface area contributed by atoms with E-state index in [4.69, 9.17) is 0 Å². The molecule has 2 aromatic carbocycles. The normalized spacial score (nSPS) is 21.4. The molecule has 0 radical (unpaired) electrons. The van der Waals surface area contributed by atoms with E-state index in [1.54, 1.807) is 17.0 Å².